The second-order valence-corrected chi connectivity index (χ2v) is 3.03. The van der Waals surface area contributed by atoms with Crippen LogP contribution in [0.1, 0.15) is 13.3 Å². The van der Waals surface area contributed by atoms with Crippen LogP contribution in [0.15, 0.2) is 0 Å². The van der Waals surface area contributed by atoms with E-state index in [0.29, 0.717) is 6.61 Å². The molecule has 1 heterocycles. The predicted molar refractivity (Wildman–Crippen MR) is 32.2 cm³/mol. The molecule has 2 fully saturated rings. The minimum Gasteiger partial charge on any atom is -0.465 e. The summed E-state index contributed by atoms with van der Waals surface area (Å²) in [5.41, 5.74) is -0.681. The molecule has 0 bridgehead atoms. The van der Waals surface area contributed by atoms with Gasteiger partial charge in [0.15, 0.2) is 0 Å². The molecule has 2 aliphatic rings. The Balaban J connectivity index is 2.33. The van der Waals surface area contributed by atoms with Crippen molar-refractivity contribution in [2.24, 2.45) is 11.3 Å². The molecule has 2 atom stereocenters. The van der Waals surface area contributed by atoms with Gasteiger partial charge in [0.2, 0.25) is 0 Å². The Labute approximate surface area is 58.4 Å². The van der Waals surface area contributed by atoms with Crippen LogP contribution in [0, 0.1) is 11.3 Å². The zero-order chi connectivity index (χ0) is 7.35. The summed E-state index contributed by atoms with van der Waals surface area (Å²) in [5, 5.41) is 0. The van der Waals surface area contributed by atoms with Crippen LogP contribution in [-0.2, 0) is 14.3 Å². The second kappa shape index (κ2) is 1.41. The number of carbonyl (C=O) groups is 2. The Morgan fingerprint density at radius 3 is 2.70 bits per heavy atom. The van der Waals surface area contributed by atoms with Crippen LogP contribution < -0.4 is 0 Å². The van der Waals surface area contributed by atoms with Crippen molar-refractivity contribution >= 4 is 11.8 Å². The number of fused-ring (bicyclic) bond motifs is 1. The standard InChI is InChI=1S/C7H8O3/c1-4(8)7-2-5(7)3-10-6(7)9/h5H,2-3H2,1H3/t5-,7-/m1/s1. The van der Waals surface area contributed by atoms with E-state index < -0.39 is 5.41 Å². The molecule has 0 amide bonds. The molecule has 10 heavy (non-hydrogen) atoms. The van der Waals surface area contributed by atoms with Gasteiger partial charge < -0.3 is 4.74 Å². The van der Waals surface area contributed by atoms with Crippen molar-refractivity contribution in [3.05, 3.63) is 0 Å². The molecule has 0 aromatic heterocycles. The van der Waals surface area contributed by atoms with Crippen LogP contribution in [0.25, 0.3) is 0 Å². The third kappa shape index (κ3) is 0.426. The molecule has 1 saturated heterocycles. The normalized spacial score (nSPS) is 42.5. The van der Waals surface area contributed by atoms with E-state index in [4.69, 9.17) is 4.74 Å². The fourth-order valence-corrected chi connectivity index (χ4v) is 1.66. The minimum absolute atomic E-state index is 0.0278. The van der Waals surface area contributed by atoms with Crippen molar-refractivity contribution in [3.8, 4) is 0 Å². The molecule has 1 aliphatic carbocycles. The molecule has 0 spiro atoms. The maximum atomic E-state index is 10.9. The highest BCUT2D eigenvalue weighted by Crippen LogP contribution is 2.58. The van der Waals surface area contributed by atoms with Gasteiger partial charge in [-0.2, -0.15) is 0 Å². The highest BCUT2D eigenvalue weighted by Gasteiger charge is 2.69. The molecule has 0 aromatic carbocycles. The first-order valence-electron chi connectivity index (χ1n) is 3.36. The number of carbonyl (C=O) groups excluding carboxylic acids is 2. The van der Waals surface area contributed by atoms with Crippen molar-refractivity contribution < 1.29 is 14.3 Å². The fourth-order valence-electron chi connectivity index (χ4n) is 1.66. The third-order valence-electron chi connectivity index (χ3n) is 2.51. The highest BCUT2D eigenvalue weighted by molar-refractivity contribution is 6.07. The summed E-state index contributed by atoms with van der Waals surface area (Å²) in [6, 6.07) is 0. The lowest BCUT2D eigenvalue weighted by Crippen LogP contribution is -2.21. The SMILES string of the molecule is CC(=O)[C@]12C[C@@H]1COC2=O. The van der Waals surface area contributed by atoms with Gasteiger partial charge in [0, 0.05) is 5.92 Å². The minimum atomic E-state index is -0.681. The molecular formula is C7H8O3. The monoisotopic (exact) mass is 140 g/mol. The van der Waals surface area contributed by atoms with E-state index in [1.807, 2.05) is 0 Å². The van der Waals surface area contributed by atoms with Crippen molar-refractivity contribution in [2.75, 3.05) is 6.61 Å². The summed E-state index contributed by atoms with van der Waals surface area (Å²) in [4.78, 5) is 21.9. The van der Waals surface area contributed by atoms with E-state index in [1.165, 1.54) is 6.92 Å². The van der Waals surface area contributed by atoms with Crippen molar-refractivity contribution in [1.29, 1.82) is 0 Å². The lowest BCUT2D eigenvalue weighted by molar-refractivity contribution is -0.148. The summed E-state index contributed by atoms with van der Waals surface area (Å²) in [6.07, 6.45) is 0.723. The number of Topliss-reactive ketones (excluding diaryl/α,β-unsaturated/α-hetero) is 1. The number of rotatable bonds is 1. The Hall–Kier alpha value is -0.860. The number of cyclic esters (lactones) is 1. The number of esters is 1. The quantitative estimate of drug-likeness (QED) is 0.384. The molecule has 54 valence electrons. The van der Waals surface area contributed by atoms with Crippen LogP contribution in [0.4, 0.5) is 0 Å². The first-order valence-corrected chi connectivity index (χ1v) is 3.36. The Bertz CT molecular complexity index is 221. The van der Waals surface area contributed by atoms with Gasteiger partial charge in [0.25, 0.3) is 0 Å². The first-order chi connectivity index (χ1) is 4.68. The number of ketones is 1. The lowest BCUT2D eigenvalue weighted by Gasteiger charge is -2.01. The smallest absolute Gasteiger partial charge is 0.320 e. The van der Waals surface area contributed by atoms with E-state index in [0.717, 1.165) is 6.42 Å². The van der Waals surface area contributed by atoms with E-state index in [1.54, 1.807) is 0 Å². The average molecular weight is 140 g/mol. The molecule has 0 unspecified atom stereocenters. The largest absolute Gasteiger partial charge is 0.465 e. The third-order valence-corrected chi connectivity index (χ3v) is 2.51. The summed E-state index contributed by atoms with van der Waals surface area (Å²) in [5.74, 6) is -0.123. The molecule has 0 aromatic rings. The lowest BCUT2D eigenvalue weighted by atomic mass is 10.0. The molecule has 3 nitrogen and oxygen atoms in total. The molecular weight excluding hydrogens is 132 g/mol. The van der Waals surface area contributed by atoms with Crippen molar-refractivity contribution in [1.82, 2.24) is 0 Å². The fraction of sp³-hybridized carbons (Fsp3) is 0.714. The van der Waals surface area contributed by atoms with Crippen molar-refractivity contribution in [2.45, 2.75) is 13.3 Å². The summed E-state index contributed by atoms with van der Waals surface area (Å²) in [7, 11) is 0. The van der Waals surface area contributed by atoms with Crippen LogP contribution in [0.5, 0.6) is 0 Å². The zero-order valence-electron chi connectivity index (χ0n) is 5.72. The van der Waals surface area contributed by atoms with Gasteiger partial charge >= 0.3 is 5.97 Å². The van der Waals surface area contributed by atoms with E-state index in [2.05, 4.69) is 0 Å². The van der Waals surface area contributed by atoms with Gasteiger partial charge in [-0.05, 0) is 13.3 Å². The van der Waals surface area contributed by atoms with Gasteiger partial charge in [-0.3, -0.25) is 9.59 Å². The van der Waals surface area contributed by atoms with Gasteiger partial charge in [0.1, 0.15) is 11.2 Å². The average Bonchev–Trinajstić information content (AvgIpc) is 2.52. The Kier molecular flexibility index (Phi) is 0.832. The Morgan fingerprint density at radius 2 is 2.50 bits per heavy atom. The van der Waals surface area contributed by atoms with E-state index in [-0.39, 0.29) is 17.7 Å². The maximum Gasteiger partial charge on any atom is 0.320 e. The highest BCUT2D eigenvalue weighted by atomic mass is 16.5. The summed E-state index contributed by atoms with van der Waals surface area (Å²) < 4.78 is 4.72. The molecule has 0 radical (unpaired) electrons. The van der Waals surface area contributed by atoms with Crippen LogP contribution >= 0.6 is 0 Å². The molecule has 1 saturated carbocycles. The summed E-state index contributed by atoms with van der Waals surface area (Å²) in [6.45, 7) is 1.92. The zero-order valence-corrected chi connectivity index (χ0v) is 5.72. The van der Waals surface area contributed by atoms with E-state index >= 15 is 0 Å². The Morgan fingerprint density at radius 1 is 1.80 bits per heavy atom. The van der Waals surface area contributed by atoms with Crippen LogP contribution in [0.3, 0.4) is 0 Å². The van der Waals surface area contributed by atoms with Gasteiger partial charge in [-0.1, -0.05) is 0 Å². The second-order valence-electron chi connectivity index (χ2n) is 3.03. The molecule has 0 N–H and O–H groups in total. The molecule has 2 rings (SSSR count). The number of hydrogen-bond donors (Lipinski definition) is 0. The molecule has 3 heteroatoms. The number of ether oxygens (including phenoxy) is 1. The van der Waals surface area contributed by atoms with Gasteiger partial charge in [-0.15, -0.1) is 0 Å². The van der Waals surface area contributed by atoms with Crippen LogP contribution in [-0.4, -0.2) is 18.4 Å². The molecule has 1 aliphatic heterocycles. The maximum absolute atomic E-state index is 10.9. The number of hydrogen-bond acceptors (Lipinski definition) is 3. The summed E-state index contributed by atoms with van der Waals surface area (Å²) >= 11 is 0. The topological polar surface area (TPSA) is 43.4 Å². The predicted octanol–water partition coefficient (Wildman–Crippen LogP) is 0.139. The first kappa shape index (κ1) is 5.89. The van der Waals surface area contributed by atoms with Gasteiger partial charge in [-0.25, -0.2) is 0 Å². The van der Waals surface area contributed by atoms with Crippen LogP contribution in [0.2, 0.25) is 0 Å². The van der Waals surface area contributed by atoms with Crippen molar-refractivity contribution in [3.63, 3.8) is 0 Å². The van der Waals surface area contributed by atoms with E-state index in [9.17, 15) is 9.59 Å². The van der Waals surface area contributed by atoms with Gasteiger partial charge in [0.05, 0.1) is 6.61 Å².